The van der Waals surface area contributed by atoms with E-state index in [4.69, 9.17) is 4.74 Å². The number of nitrogens with zero attached hydrogens (tertiary/aromatic N) is 6. The van der Waals surface area contributed by atoms with Crippen LogP contribution < -0.4 is 5.32 Å². The Balaban J connectivity index is 1.45. The van der Waals surface area contributed by atoms with Crippen LogP contribution in [0.15, 0.2) is 12.5 Å². The van der Waals surface area contributed by atoms with Crippen LogP contribution in [-0.2, 0) is 9.53 Å². The molecular weight excluding hydrogens is 380 g/mol. The summed E-state index contributed by atoms with van der Waals surface area (Å²) < 4.78 is 7.37. The largest absolute Gasteiger partial charge is 0.388 e. The molecule has 12 heteroatoms. The first-order valence-electron chi connectivity index (χ1n) is 9.49. The van der Waals surface area contributed by atoms with Gasteiger partial charge in [-0.05, 0) is 30.2 Å². The second-order valence-electron chi connectivity index (χ2n) is 7.96. The number of nitrogens with one attached hydrogen (secondary N) is 2. The summed E-state index contributed by atoms with van der Waals surface area (Å²) in [5, 5.41) is 30.9. The zero-order valence-electron chi connectivity index (χ0n) is 16.3. The van der Waals surface area contributed by atoms with Gasteiger partial charge >= 0.3 is 0 Å². The molecule has 0 aliphatic carbocycles. The van der Waals surface area contributed by atoms with E-state index >= 15 is 0 Å². The molecule has 4 heterocycles. The third-order valence-electron chi connectivity index (χ3n) is 5.82. The maximum Gasteiger partial charge on any atom is 0.259 e. The maximum absolute atomic E-state index is 13.0. The summed E-state index contributed by atoms with van der Waals surface area (Å²) >= 11 is 0. The second kappa shape index (κ2) is 7.19. The van der Waals surface area contributed by atoms with E-state index < -0.39 is 17.2 Å². The molecule has 2 fully saturated rings. The van der Waals surface area contributed by atoms with Gasteiger partial charge in [-0.25, -0.2) is 0 Å². The Morgan fingerprint density at radius 2 is 2.14 bits per heavy atom. The van der Waals surface area contributed by atoms with E-state index in [0.29, 0.717) is 43.7 Å². The molecule has 2 aromatic heterocycles. The van der Waals surface area contributed by atoms with Crippen LogP contribution in [0.4, 0.5) is 0 Å². The Morgan fingerprint density at radius 3 is 2.79 bits per heavy atom. The van der Waals surface area contributed by atoms with Crippen LogP contribution in [0, 0.1) is 0 Å². The molecule has 0 aromatic carbocycles. The fraction of sp³-hybridized carbons (Fsp3) is 0.647. The number of carbonyl (C=O) groups is 2. The zero-order valence-corrected chi connectivity index (χ0v) is 16.3. The van der Waals surface area contributed by atoms with Gasteiger partial charge in [-0.15, -0.1) is 5.10 Å². The molecule has 2 aliphatic rings. The number of hydrogen-bond donors (Lipinski definition) is 3. The molecule has 0 saturated carbocycles. The van der Waals surface area contributed by atoms with Gasteiger partial charge in [0.2, 0.25) is 5.91 Å². The number of ether oxygens (including phenoxy) is 1. The lowest BCUT2D eigenvalue weighted by atomic mass is 9.74. The zero-order chi connectivity index (χ0) is 20.6. The number of rotatable bonds is 3. The number of likely N-dealkylation sites (tertiary alicyclic amines) is 1. The number of hydrogen-bond acceptors (Lipinski definition) is 8. The van der Waals surface area contributed by atoms with Gasteiger partial charge in [0, 0.05) is 26.4 Å². The first-order chi connectivity index (χ1) is 13.8. The number of tetrazole rings is 1. The topological polar surface area (TPSA) is 151 Å². The Labute approximate surface area is 166 Å². The highest BCUT2D eigenvalue weighted by atomic mass is 16.5. The number of aliphatic hydroxyl groups is 1. The molecule has 2 aliphatic heterocycles. The Kier molecular flexibility index (Phi) is 4.82. The lowest BCUT2D eigenvalue weighted by Crippen LogP contribution is -2.65. The van der Waals surface area contributed by atoms with E-state index in [2.05, 4.69) is 31.0 Å². The highest BCUT2D eigenvalue weighted by Gasteiger charge is 2.50. The van der Waals surface area contributed by atoms with E-state index in [1.165, 1.54) is 24.1 Å². The molecule has 4 rings (SSSR count). The monoisotopic (exact) mass is 404 g/mol. The van der Waals surface area contributed by atoms with E-state index in [-0.39, 0.29) is 18.4 Å². The summed E-state index contributed by atoms with van der Waals surface area (Å²) in [5.74, 6) is 0.0569. The quantitative estimate of drug-likeness (QED) is 0.591. The lowest BCUT2D eigenvalue weighted by molar-refractivity contribution is -0.179. The van der Waals surface area contributed by atoms with Crippen LogP contribution in [0.5, 0.6) is 0 Å². The summed E-state index contributed by atoms with van der Waals surface area (Å²) in [6, 6.07) is 0. The van der Waals surface area contributed by atoms with Crippen molar-refractivity contribution in [2.24, 2.45) is 0 Å². The minimum Gasteiger partial charge on any atom is -0.388 e. The van der Waals surface area contributed by atoms with Crippen LogP contribution >= 0.6 is 0 Å². The Morgan fingerprint density at radius 1 is 1.38 bits per heavy atom. The average Bonchev–Trinajstić information content (AvgIpc) is 3.35. The van der Waals surface area contributed by atoms with Crippen molar-refractivity contribution in [2.45, 2.75) is 50.4 Å². The van der Waals surface area contributed by atoms with Gasteiger partial charge in [-0.1, -0.05) is 0 Å². The van der Waals surface area contributed by atoms with Gasteiger partial charge in [0.25, 0.3) is 5.91 Å². The van der Waals surface area contributed by atoms with Gasteiger partial charge in [-0.3, -0.25) is 14.7 Å². The predicted octanol–water partition coefficient (Wildman–Crippen LogP) is -0.964. The molecule has 3 N–H and O–H groups in total. The number of aromatic amines is 1. The highest BCUT2D eigenvalue weighted by molar-refractivity contribution is 5.97. The summed E-state index contributed by atoms with van der Waals surface area (Å²) in [6.07, 6.45) is 3.79. The molecule has 0 unspecified atom stereocenters. The molecule has 29 heavy (non-hydrogen) atoms. The molecule has 2 saturated heterocycles. The molecular formula is C17H24N8O4. The smallest absolute Gasteiger partial charge is 0.259 e. The third-order valence-corrected chi connectivity index (χ3v) is 5.82. The Bertz CT molecular complexity index is 889. The van der Waals surface area contributed by atoms with E-state index in [0.717, 1.165) is 0 Å². The van der Waals surface area contributed by atoms with Gasteiger partial charge in [0.15, 0.2) is 5.82 Å². The number of aromatic nitrogens is 6. The van der Waals surface area contributed by atoms with Gasteiger partial charge in [-0.2, -0.15) is 9.78 Å². The number of carbonyl (C=O) groups excluding carboxylic acids is 2. The highest BCUT2D eigenvalue weighted by Crippen LogP contribution is 2.40. The number of H-pyrrole nitrogens is 1. The molecule has 12 nitrogen and oxygen atoms in total. The lowest BCUT2D eigenvalue weighted by Gasteiger charge is -2.51. The second-order valence-corrected chi connectivity index (χ2v) is 7.96. The van der Waals surface area contributed by atoms with E-state index in [9.17, 15) is 14.7 Å². The molecule has 1 spiro atoms. The van der Waals surface area contributed by atoms with E-state index in [1.54, 1.807) is 4.90 Å². The van der Waals surface area contributed by atoms with Crippen molar-refractivity contribution in [3.63, 3.8) is 0 Å². The summed E-state index contributed by atoms with van der Waals surface area (Å²) in [5.41, 5.74) is -0.854. The fourth-order valence-corrected chi connectivity index (χ4v) is 4.29. The summed E-state index contributed by atoms with van der Waals surface area (Å²) in [4.78, 5) is 26.4. The minimum absolute atomic E-state index is 0.149. The van der Waals surface area contributed by atoms with Gasteiger partial charge in [0.1, 0.15) is 18.0 Å². The first kappa shape index (κ1) is 19.5. The van der Waals surface area contributed by atoms with Gasteiger partial charge in [0.05, 0.1) is 23.9 Å². The first-order valence-corrected chi connectivity index (χ1v) is 9.49. The molecule has 156 valence electrons. The average molecular weight is 404 g/mol. The van der Waals surface area contributed by atoms with Crippen molar-refractivity contribution in [2.75, 3.05) is 19.7 Å². The SMILES string of the molecule is CC(=O)N[C@@]1(C)CC2(CCN(C(=O)c3cn[nH]c3-n3cnnn3)CC2)OC[C@@H]1O. The Hall–Kier alpha value is -2.86. The van der Waals surface area contributed by atoms with Crippen molar-refractivity contribution in [1.82, 2.24) is 40.6 Å². The normalized spacial score (nSPS) is 26.4. The van der Waals surface area contributed by atoms with Crippen molar-refractivity contribution >= 4 is 11.8 Å². The number of piperidine rings is 1. The molecule has 0 radical (unpaired) electrons. The van der Waals surface area contributed by atoms with Crippen molar-refractivity contribution in [1.29, 1.82) is 0 Å². The standard InChI is InChI=1S/C17H24N8O4/c1-11(26)20-16(2)9-17(29-8-13(16)27)3-5-24(6-4-17)15(28)12-7-18-21-14(12)25-10-19-22-23-25/h7,10,13,27H,3-6,8-9H2,1-2H3,(H,18,21)(H,20,26)/t13-,16-/m0/s1. The van der Waals surface area contributed by atoms with Crippen LogP contribution in [0.3, 0.4) is 0 Å². The maximum atomic E-state index is 13.0. The molecule has 2 amide bonds. The van der Waals surface area contributed by atoms with Crippen LogP contribution in [-0.4, -0.2) is 89.2 Å². The van der Waals surface area contributed by atoms with E-state index in [1.807, 2.05) is 6.92 Å². The van der Waals surface area contributed by atoms with Crippen molar-refractivity contribution < 1.29 is 19.4 Å². The van der Waals surface area contributed by atoms with Gasteiger partial charge < -0.3 is 20.1 Å². The van der Waals surface area contributed by atoms with Crippen LogP contribution in [0.25, 0.3) is 5.82 Å². The third kappa shape index (κ3) is 3.60. The number of amides is 2. The van der Waals surface area contributed by atoms with Crippen LogP contribution in [0.1, 0.15) is 43.5 Å². The summed E-state index contributed by atoms with van der Waals surface area (Å²) in [7, 11) is 0. The molecule has 2 atom stereocenters. The van der Waals surface area contributed by atoms with Crippen LogP contribution in [0.2, 0.25) is 0 Å². The predicted molar refractivity (Wildman–Crippen MR) is 98.0 cm³/mol. The fourth-order valence-electron chi connectivity index (χ4n) is 4.29. The summed E-state index contributed by atoms with van der Waals surface area (Å²) in [6.45, 7) is 4.41. The molecule has 2 aromatic rings. The minimum atomic E-state index is -0.776. The van der Waals surface area contributed by atoms with Crippen molar-refractivity contribution in [3.05, 3.63) is 18.1 Å². The van der Waals surface area contributed by atoms with Crippen molar-refractivity contribution in [3.8, 4) is 5.82 Å². The number of aliphatic hydroxyl groups excluding tert-OH is 1. The molecule has 0 bridgehead atoms.